The zero-order chi connectivity index (χ0) is 10.9. The Morgan fingerprint density at radius 3 is 2.43 bits per heavy atom. The summed E-state index contributed by atoms with van der Waals surface area (Å²) in [5, 5.41) is 8.53. The molecule has 0 aromatic rings. The molecule has 4 nitrogen and oxygen atoms in total. The minimum atomic E-state index is -2.87. The standard InChI is InChI=1S/C8H19O4PS/c1-11-13(10,14-2)12-8-6-4-3-5-7-9/h9H,3-8H2,1-2H3. The molecule has 0 saturated carbocycles. The SMILES string of the molecule is COP(=O)(OCCCCCCO)SC. The van der Waals surface area contributed by atoms with Crippen molar-refractivity contribution in [2.24, 2.45) is 0 Å². The summed E-state index contributed by atoms with van der Waals surface area (Å²) in [7, 11) is 1.39. The number of hydrogen-bond donors (Lipinski definition) is 1. The zero-order valence-electron chi connectivity index (χ0n) is 8.77. The molecule has 0 radical (unpaired) electrons. The summed E-state index contributed by atoms with van der Waals surface area (Å²) in [5.41, 5.74) is 0. The van der Waals surface area contributed by atoms with Gasteiger partial charge in [0.25, 0.3) is 0 Å². The molecule has 0 spiro atoms. The first-order chi connectivity index (χ1) is 6.68. The number of hydrogen-bond acceptors (Lipinski definition) is 5. The average Bonchev–Trinajstić information content (AvgIpc) is 2.23. The fraction of sp³-hybridized carbons (Fsp3) is 1.00. The average molecular weight is 242 g/mol. The first-order valence-electron chi connectivity index (χ1n) is 4.65. The molecule has 1 atom stereocenters. The van der Waals surface area contributed by atoms with Gasteiger partial charge in [-0.2, -0.15) is 0 Å². The lowest BCUT2D eigenvalue weighted by Crippen LogP contribution is -1.93. The fourth-order valence-corrected chi connectivity index (χ4v) is 2.62. The number of aliphatic hydroxyl groups is 1. The molecule has 86 valence electrons. The number of aliphatic hydroxyl groups excluding tert-OH is 1. The van der Waals surface area contributed by atoms with Gasteiger partial charge in [0.1, 0.15) is 0 Å². The Balaban J connectivity index is 3.39. The third-order valence-electron chi connectivity index (χ3n) is 1.75. The van der Waals surface area contributed by atoms with E-state index in [9.17, 15) is 4.57 Å². The lowest BCUT2D eigenvalue weighted by Gasteiger charge is -2.12. The first kappa shape index (κ1) is 14.5. The third kappa shape index (κ3) is 6.85. The van der Waals surface area contributed by atoms with Gasteiger partial charge in [-0.3, -0.25) is 0 Å². The van der Waals surface area contributed by atoms with E-state index < -0.39 is 6.80 Å². The van der Waals surface area contributed by atoms with E-state index in [0.717, 1.165) is 37.1 Å². The van der Waals surface area contributed by atoms with Gasteiger partial charge in [0.15, 0.2) is 0 Å². The second-order valence-corrected chi connectivity index (χ2v) is 7.10. The predicted octanol–water partition coefficient (Wildman–Crippen LogP) is 2.67. The molecule has 0 rings (SSSR count). The first-order valence-corrected chi connectivity index (χ1v) is 8.02. The smallest absolute Gasteiger partial charge is 0.388 e. The van der Waals surface area contributed by atoms with Crippen molar-refractivity contribution in [2.75, 3.05) is 26.6 Å². The van der Waals surface area contributed by atoms with Crippen molar-refractivity contribution in [3.63, 3.8) is 0 Å². The molecule has 0 saturated heterocycles. The van der Waals surface area contributed by atoms with Gasteiger partial charge in [0.05, 0.1) is 6.61 Å². The molecule has 0 aliphatic carbocycles. The Morgan fingerprint density at radius 1 is 1.29 bits per heavy atom. The molecule has 0 aromatic heterocycles. The van der Waals surface area contributed by atoms with E-state index in [2.05, 4.69) is 0 Å². The van der Waals surface area contributed by atoms with E-state index in [1.807, 2.05) is 0 Å². The number of unbranched alkanes of at least 4 members (excludes halogenated alkanes) is 3. The normalized spacial score (nSPS) is 15.4. The quantitative estimate of drug-likeness (QED) is 0.497. The van der Waals surface area contributed by atoms with Gasteiger partial charge in [0, 0.05) is 13.7 Å². The minimum absolute atomic E-state index is 0.238. The van der Waals surface area contributed by atoms with Crippen molar-refractivity contribution < 1.29 is 18.7 Å². The predicted molar refractivity (Wildman–Crippen MR) is 59.6 cm³/mol. The van der Waals surface area contributed by atoms with Crippen molar-refractivity contribution in [3.05, 3.63) is 0 Å². The highest BCUT2D eigenvalue weighted by atomic mass is 32.7. The summed E-state index contributed by atoms with van der Waals surface area (Å²) in [6.45, 7) is -2.18. The summed E-state index contributed by atoms with van der Waals surface area (Å²) in [4.78, 5) is 0. The van der Waals surface area contributed by atoms with Crippen LogP contribution in [0.2, 0.25) is 0 Å². The van der Waals surface area contributed by atoms with Crippen LogP contribution in [-0.2, 0) is 13.6 Å². The van der Waals surface area contributed by atoms with Crippen LogP contribution in [0.15, 0.2) is 0 Å². The van der Waals surface area contributed by atoms with Crippen molar-refractivity contribution >= 4 is 18.2 Å². The topological polar surface area (TPSA) is 55.8 Å². The Labute approximate surface area is 89.6 Å². The number of rotatable bonds is 9. The largest absolute Gasteiger partial charge is 0.396 e. The van der Waals surface area contributed by atoms with Gasteiger partial charge in [-0.25, -0.2) is 4.57 Å². The third-order valence-corrected chi connectivity index (χ3v) is 5.25. The molecule has 1 unspecified atom stereocenters. The molecular weight excluding hydrogens is 223 g/mol. The van der Waals surface area contributed by atoms with Crippen molar-refractivity contribution in [3.8, 4) is 0 Å². The summed E-state index contributed by atoms with van der Waals surface area (Å²) < 4.78 is 21.4. The Bertz CT molecular complexity index is 169. The van der Waals surface area contributed by atoms with Crippen LogP contribution in [0.4, 0.5) is 0 Å². The van der Waals surface area contributed by atoms with Gasteiger partial charge >= 0.3 is 6.80 Å². The summed E-state index contributed by atoms with van der Waals surface area (Å²) in [5.74, 6) is 0. The van der Waals surface area contributed by atoms with Gasteiger partial charge in [-0.15, -0.1) is 0 Å². The summed E-state index contributed by atoms with van der Waals surface area (Å²) in [6.07, 6.45) is 5.35. The molecule has 0 fully saturated rings. The maximum Gasteiger partial charge on any atom is 0.388 e. The Morgan fingerprint density at radius 2 is 1.93 bits per heavy atom. The van der Waals surface area contributed by atoms with Crippen LogP contribution in [0, 0.1) is 0 Å². The van der Waals surface area contributed by atoms with Crippen LogP contribution < -0.4 is 0 Å². The second-order valence-electron chi connectivity index (χ2n) is 2.78. The van der Waals surface area contributed by atoms with Gasteiger partial charge in [0.2, 0.25) is 0 Å². The van der Waals surface area contributed by atoms with Crippen LogP contribution in [0.3, 0.4) is 0 Å². The molecule has 14 heavy (non-hydrogen) atoms. The Hall–Kier alpha value is 0.460. The monoisotopic (exact) mass is 242 g/mol. The molecule has 0 aromatic carbocycles. The van der Waals surface area contributed by atoms with Crippen LogP contribution in [0.25, 0.3) is 0 Å². The second kappa shape index (κ2) is 8.74. The van der Waals surface area contributed by atoms with E-state index >= 15 is 0 Å². The van der Waals surface area contributed by atoms with Crippen LogP contribution in [0.5, 0.6) is 0 Å². The highest BCUT2D eigenvalue weighted by Crippen LogP contribution is 2.58. The van der Waals surface area contributed by atoms with Crippen molar-refractivity contribution in [1.82, 2.24) is 0 Å². The highest BCUT2D eigenvalue weighted by Gasteiger charge is 2.20. The molecule has 0 aliphatic heterocycles. The summed E-state index contributed by atoms with van der Waals surface area (Å²) in [6, 6.07) is 0. The molecule has 0 heterocycles. The van der Waals surface area contributed by atoms with E-state index in [-0.39, 0.29) is 6.61 Å². The van der Waals surface area contributed by atoms with Crippen LogP contribution in [0.1, 0.15) is 25.7 Å². The van der Waals surface area contributed by atoms with Gasteiger partial charge < -0.3 is 14.2 Å². The molecule has 1 N–H and O–H groups in total. The summed E-state index contributed by atoms with van der Waals surface area (Å²) >= 11 is 1.11. The van der Waals surface area contributed by atoms with E-state index in [1.54, 1.807) is 6.26 Å². The molecular formula is C8H19O4PS. The maximum atomic E-state index is 11.5. The minimum Gasteiger partial charge on any atom is -0.396 e. The van der Waals surface area contributed by atoms with E-state index in [4.69, 9.17) is 14.2 Å². The van der Waals surface area contributed by atoms with Crippen LogP contribution >= 0.6 is 18.2 Å². The fourth-order valence-electron chi connectivity index (χ4n) is 0.924. The lowest BCUT2D eigenvalue weighted by molar-refractivity contribution is 0.241. The van der Waals surface area contributed by atoms with Crippen LogP contribution in [-0.4, -0.2) is 31.7 Å². The maximum absolute atomic E-state index is 11.5. The van der Waals surface area contributed by atoms with Crippen molar-refractivity contribution in [1.29, 1.82) is 0 Å². The van der Waals surface area contributed by atoms with E-state index in [0.29, 0.717) is 6.61 Å². The van der Waals surface area contributed by atoms with Gasteiger partial charge in [-0.1, -0.05) is 12.8 Å². The lowest BCUT2D eigenvalue weighted by atomic mass is 10.2. The molecule has 6 heteroatoms. The zero-order valence-corrected chi connectivity index (χ0v) is 10.5. The Kier molecular flexibility index (Phi) is 9.03. The van der Waals surface area contributed by atoms with E-state index in [1.165, 1.54) is 7.11 Å². The highest BCUT2D eigenvalue weighted by molar-refractivity contribution is 8.54. The van der Waals surface area contributed by atoms with Gasteiger partial charge in [-0.05, 0) is 30.5 Å². The molecule has 0 bridgehead atoms. The molecule has 0 aliphatic rings. The molecule has 0 amide bonds. The van der Waals surface area contributed by atoms with Crippen molar-refractivity contribution in [2.45, 2.75) is 25.7 Å².